The van der Waals surface area contributed by atoms with Crippen molar-refractivity contribution in [1.29, 1.82) is 0 Å². The Labute approximate surface area is 248 Å². The van der Waals surface area contributed by atoms with E-state index in [0.717, 1.165) is 42.5 Å². The molecule has 0 bridgehead atoms. The second kappa shape index (κ2) is 9.64. The summed E-state index contributed by atoms with van der Waals surface area (Å²) in [7, 11) is 2.15. The number of aryl methyl sites for hydroxylation is 1. The van der Waals surface area contributed by atoms with Crippen molar-refractivity contribution in [2.75, 3.05) is 49.6 Å². The molecule has 3 saturated heterocycles. The molecule has 0 aliphatic carbocycles. The standard InChI is InChI=1S/C31H34ClFN8O/c1-6-24(42)40-13-19(4)41(14-18(40)3)29-20-11-22(32)26(25-17(2)7-8-23-21(25)12-34-37-23)27(33)28(20)35-30(36-29)39-15-31(16-39)9-10-38(31)5/h6-8,11-12,18-19H,1,9-10,13-16H2,2-5H3,(H,34,37)/t18-,19+/m1/s1. The van der Waals surface area contributed by atoms with Crippen molar-refractivity contribution >= 4 is 51.1 Å². The highest BCUT2D eigenvalue weighted by Gasteiger charge is 2.52. The predicted molar refractivity (Wildman–Crippen MR) is 165 cm³/mol. The van der Waals surface area contributed by atoms with E-state index in [1.807, 2.05) is 30.9 Å². The van der Waals surface area contributed by atoms with Gasteiger partial charge in [-0.05, 0) is 58.0 Å². The van der Waals surface area contributed by atoms with Gasteiger partial charge in [0.1, 0.15) is 11.3 Å². The Balaban J connectivity index is 1.40. The van der Waals surface area contributed by atoms with Crippen molar-refractivity contribution in [3.63, 3.8) is 0 Å². The molecule has 3 fully saturated rings. The lowest BCUT2D eigenvalue weighted by atomic mass is 9.78. The average molecular weight is 589 g/mol. The van der Waals surface area contributed by atoms with Crippen molar-refractivity contribution < 1.29 is 9.18 Å². The molecule has 2 aromatic heterocycles. The largest absolute Gasteiger partial charge is 0.349 e. The Morgan fingerprint density at radius 1 is 1.17 bits per heavy atom. The molecule has 0 saturated carbocycles. The van der Waals surface area contributed by atoms with E-state index in [0.29, 0.717) is 41.4 Å². The number of aromatic amines is 1. The minimum absolute atomic E-state index is 0.0695. The van der Waals surface area contributed by atoms with Crippen LogP contribution >= 0.6 is 11.6 Å². The van der Waals surface area contributed by atoms with Crippen LogP contribution < -0.4 is 9.80 Å². The maximum Gasteiger partial charge on any atom is 0.246 e. The molecule has 5 heterocycles. The van der Waals surface area contributed by atoms with Gasteiger partial charge in [-0.15, -0.1) is 0 Å². The number of hydrogen-bond donors (Lipinski definition) is 1. The number of halogens is 2. The monoisotopic (exact) mass is 588 g/mol. The molecule has 1 N–H and O–H groups in total. The summed E-state index contributed by atoms with van der Waals surface area (Å²) in [6.45, 7) is 13.4. The van der Waals surface area contributed by atoms with Crippen LogP contribution in [0.15, 0.2) is 37.1 Å². The Morgan fingerprint density at radius 3 is 2.64 bits per heavy atom. The zero-order valence-electron chi connectivity index (χ0n) is 24.3. The fourth-order valence-electron chi connectivity index (χ4n) is 6.92. The number of nitrogens with one attached hydrogen (secondary N) is 1. The first kappa shape index (κ1) is 27.1. The van der Waals surface area contributed by atoms with Crippen LogP contribution in [0.25, 0.3) is 32.9 Å². The van der Waals surface area contributed by atoms with Crippen LogP contribution in [0.2, 0.25) is 5.02 Å². The second-order valence-corrected chi connectivity index (χ2v) is 12.6. The summed E-state index contributed by atoms with van der Waals surface area (Å²) in [5.74, 6) is 0.573. The number of fused-ring (bicyclic) bond motifs is 2. The summed E-state index contributed by atoms with van der Waals surface area (Å²) in [6.07, 6.45) is 4.19. The second-order valence-electron chi connectivity index (χ2n) is 12.2. The fraction of sp³-hybridized carbons (Fsp3) is 0.419. The van der Waals surface area contributed by atoms with E-state index in [9.17, 15) is 4.79 Å². The van der Waals surface area contributed by atoms with E-state index in [1.165, 1.54) is 6.08 Å². The summed E-state index contributed by atoms with van der Waals surface area (Å²) in [4.78, 5) is 31.0. The van der Waals surface area contributed by atoms with Crippen molar-refractivity contribution in [3.05, 3.63) is 53.5 Å². The molecule has 1 amide bonds. The lowest BCUT2D eigenvalue weighted by Gasteiger charge is -2.61. The number of hydrogen-bond acceptors (Lipinski definition) is 7. The van der Waals surface area contributed by atoms with Crippen LogP contribution in [0.1, 0.15) is 25.8 Å². The van der Waals surface area contributed by atoms with E-state index in [4.69, 9.17) is 21.6 Å². The van der Waals surface area contributed by atoms with Gasteiger partial charge in [0.25, 0.3) is 0 Å². The summed E-state index contributed by atoms with van der Waals surface area (Å²) >= 11 is 6.94. The SMILES string of the molecule is C=CC(=O)N1C[C@H](C)N(c2nc(N3CC4(CCN4C)C3)nc3c(F)c(-c4c(C)ccc5[nH]ncc45)c(Cl)cc23)C[C@H]1C. The quantitative estimate of drug-likeness (QED) is 0.344. The molecule has 7 rings (SSSR count). The third kappa shape index (κ3) is 3.91. The number of carbonyl (C=O) groups is 1. The van der Waals surface area contributed by atoms with Gasteiger partial charge < -0.3 is 14.7 Å². The summed E-state index contributed by atoms with van der Waals surface area (Å²) in [5, 5.41) is 8.81. The molecular formula is C31H34ClFN8O. The fourth-order valence-corrected chi connectivity index (χ4v) is 7.21. The minimum atomic E-state index is -0.476. The first-order valence-electron chi connectivity index (χ1n) is 14.4. The van der Waals surface area contributed by atoms with Crippen molar-refractivity contribution in [3.8, 4) is 11.1 Å². The Bertz CT molecular complexity index is 1770. The number of rotatable bonds is 4. The lowest BCUT2D eigenvalue weighted by Crippen LogP contribution is -2.76. The van der Waals surface area contributed by atoms with Crippen LogP contribution in [0, 0.1) is 12.7 Å². The van der Waals surface area contributed by atoms with Gasteiger partial charge in [0.15, 0.2) is 5.82 Å². The maximum atomic E-state index is 16.9. The number of H-pyrrole nitrogens is 1. The van der Waals surface area contributed by atoms with E-state index >= 15 is 4.39 Å². The predicted octanol–water partition coefficient (Wildman–Crippen LogP) is 4.78. The smallest absolute Gasteiger partial charge is 0.246 e. The molecule has 3 aliphatic rings. The number of benzene rings is 2. The van der Waals surface area contributed by atoms with Crippen LogP contribution in [0.3, 0.4) is 0 Å². The summed E-state index contributed by atoms with van der Waals surface area (Å²) in [6, 6.07) is 5.51. The first-order valence-corrected chi connectivity index (χ1v) is 14.8. The van der Waals surface area contributed by atoms with Gasteiger partial charge >= 0.3 is 0 Å². The van der Waals surface area contributed by atoms with Gasteiger partial charge in [0.2, 0.25) is 11.9 Å². The van der Waals surface area contributed by atoms with E-state index < -0.39 is 5.82 Å². The average Bonchev–Trinajstić information content (AvgIpc) is 3.42. The van der Waals surface area contributed by atoms with Crippen LogP contribution in [-0.2, 0) is 4.79 Å². The number of anilines is 2. The molecule has 4 aromatic rings. The number of nitrogens with zero attached hydrogens (tertiary/aromatic N) is 7. The lowest BCUT2D eigenvalue weighted by molar-refractivity contribution is -0.128. The topological polar surface area (TPSA) is 84.5 Å². The third-order valence-electron chi connectivity index (χ3n) is 9.62. The van der Waals surface area contributed by atoms with E-state index in [1.54, 1.807) is 12.3 Å². The van der Waals surface area contributed by atoms with Crippen molar-refractivity contribution in [2.45, 2.75) is 44.8 Å². The van der Waals surface area contributed by atoms with Crippen LogP contribution in [0.5, 0.6) is 0 Å². The molecular weight excluding hydrogens is 555 g/mol. The van der Waals surface area contributed by atoms with Gasteiger partial charge in [-0.3, -0.25) is 14.8 Å². The Morgan fingerprint density at radius 2 is 1.95 bits per heavy atom. The number of carbonyl (C=O) groups excluding carboxylic acids is 1. The molecule has 11 heteroatoms. The normalized spacial score (nSPS) is 22.1. The molecule has 218 valence electrons. The van der Waals surface area contributed by atoms with Crippen LogP contribution in [0.4, 0.5) is 16.2 Å². The van der Waals surface area contributed by atoms with Gasteiger partial charge in [-0.1, -0.05) is 24.2 Å². The van der Waals surface area contributed by atoms with Gasteiger partial charge in [-0.2, -0.15) is 10.1 Å². The highest BCUT2D eigenvalue weighted by molar-refractivity contribution is 6.35. The molecule has 0 radical (unpaired) electrons. The molecule has 0 unspecified atom stereocenters. The van der Waals surface area contributed by atoms with Crippen molar-refractivity contribution in [1.82, 2.24) is 30.0 Å². The molecule has 3 aliphatic heterocycles. The van der Waals surface area contributed by atoms with Crippen LogP contribution in [-0.4, -0.2) is 93.3 Å². The van der Waals surface area contributed by atoms with Crippen molar-refractivity contribution in [2.24, 2.45) is 0 Å². The molecule has 9 nitrogen and oxygen atoms in total. The van der Waals surface area contributed by atoms with Gasteiger partial charge in [0, 0.05) is 66.7 Å². The van der Waals surface area contributed by atoms with E-state index in [-0.39, 0.29) is 34.1 Å². The first-order chi connectivity index (χ1) is 20.1. The minimum Gasteiger partial charge on any atom is -0.349 e. The third-order valence-corrected chi connectivity index (χ3v) is 9.92. The highest BCUT2D eigenvalue weighted by atomic mass is 35.5. The molecule has 42 heavy (non-hydrogen) atoms. The van der Waals surface area contributed by atoms with E-state index in [2.05, 4.69) is 45.4 Å². The van der Waals surface area contributed by atoms with Gasteiger partial charge in [-0.25, -0.2) is 9.37 Å². The molecule has 1 spiro atoms. The number of piperazine rings is 1. The molecule has 2 aromatic carbocycles. The summed E-state index contributed by atoms with van der Waals surface area (Å²) < 4.78 is 16.9. The summed E-state index contributed by atoms with van der Waals surface area (Å²) in [5.41, 5.74) is 3.09. The zero-order valence-corrected chi connectivity index (χ0v) is 25.0. The maximum absolute atomic E-state index is 16.9. The zero-order chi connectivity index (χ0) is 29.5. The number of likely N-dealkylation sites (tertiary alicyclic amines) is 1. The Kier molecular flexibility index (Phi) is 6.22. The van der Waals surface area contributed by atoms with Gasteiger partial charge in [0.05, 0.1) is 22.3 Å². The highest BCUT2D eigenvalue weighted by Crippen LogP contribution is 2.44. The number of aromatic nitrogens is 4. The molecule has 2 atom stereocenters. The number of amides is 1. The Hall–Kier alpha value is -3.76. The number of likely N-dealkylation sites (N-methyl/N-ethyl adjacent to an activating group) is 1.